The first-order valence-corrected chi connectivity index (χ1v) is 11.9. The van der Waals surface area contributed by atoms with Gasteiger partial charge in [-0.05, 0) is 51.9 Å². The van der Waals surface area contributed by atoms with Crippen LogP contribution in [0, 0.1) is 0 Å². The SMILES string of the molecule is C=C(C)CCCCCCCC=CCCCCCCCCS(C)(=O)=O. The predicted octanol–water partition coefficient (Wildman–Crippen LogP) is 6.62. The zero-order chi connectivity index (χ0) is 18.1. The summed E-state index contributed by atoms with van der Waals surface area (Å²) in [7, 11) is -2.76. The Balaban J connectivity index is 3.18. The maximum absolute atomic E-state index is 11.0. The quantitative estimate of drug-likeness (QED) is 0.217. The summed E-state index contributed by atoms with van der Waals surface area (Å²) in [4.78, 5) is 0. The number of hydrogen-bond acceptors (Lipinski definition) is 2. The molecule has 2 nitrogen and oxygen atoms in total. The van der Waals surface area contributed by atoms with Crippen molar-refractivity contribution in [3.8, 4) is 0 Å². The van der Waals surface area contributed by atoms with Gasteiger partial charge in [0, 0.05) is 12.0 Å². The molecule has 0 atom stereocenters. The minimum atomic E-state index is -2.76. The molecule has 0 aliphatic heterocycles. The van der Waals surface area contributed by atoms with Gasteiger partial charge >= 0.3 is 0 Å². The van der Waals surface area contributed by atoms with Gasteiger partial charge in [0.2, 0.25) is 0 Å². The number of hydrogen-bond donors (Lipinski definition) is 0. The molecule has 0 aliphatic rings. The lowest BCUT2D eigenvalue weighted by atomic mass is 10.1. The molecule has 0 saturated heterocycles. The van der Waals surface area contributed by atoms with Crippen LogP contribution in [-0.4, -0.2) is 20.4 Å². The van der Waals surface area contributed by atoms with E-state index in [1.165, 1.54) is 88.9 Å². The summed E-state index contributed by atoms with van der Waals surface area (Å²) in [6.07, 6.45) is 23.1. The van der Waals surface area contributed by atoms with E-state index in [4.69, 9.17) is 0 Å². The molecule has 24 heavy (non-hydrogen) atoms. The van der Waals surface area contributed by atoms with Gasteiger partial charge in [-0.1, -0.05) is 62.7 Å². The van der Waals surface area contributed by atoms with Crippen molar-refractivity contribution in [1.29, 1.82) is 0 Å². The van der Waals surface area contributed by atoms with Crippen LogP contribution >= 0.6 is 0 Å². The first-order chi connectivity index (χ1) is 11.4. The molecule has 0 radical (unpaired) electrons. The fourth-order valence-corrected chi connectivity index (χ4v) is 3.52. The third-order valence-corrected chi connectivity index (χ3v) is 5.31. The van der Waals surface area contributed by atoms with Gasteiger partial charge in [0.05, 0.1) is 0 Å². The van der Waals surface area contributed by atoms with E-state index in [9.17, 15) is 8.42 Å². The molecule has 0 bridgehead atoms. The number of sulfone groups is 1. The Hall–Kier alpha value is -0.570. The molecule has 0 aromatic carbocycles. The predicted molar refractivity (Wildman–Crippen MR) is 108 cm³/mol. The van der Waals surface area contributed by atoms with Crippen molar-refractivity contribution in [3.63, 3.8) is 0 Å². The van der Waals surface area contributed by atoms with Crippen molar-refractivity contribution in [2.45, 2.75) is 96.8 Å². The van der Waals surface area contributed by atoms with Gasteiger partial charge in [-0.3, -0.25) is 0 Å². The smallest absolute Gasteiger partial charge is 0.147 e. The molecule has 0 heterocycles. The maximum Gasteiger partial charge on any atom is 0.147 e. The van der Waals surface area contributed by atoms with Crippen molar-refractivity contribution in [1.82, 2.24) is 0 Å². The van der Waals surface area contributed by atoms with Crippen molar-refractivity contribution in [3.05, 3.63) is 24.3 Å². The van der Waals surface area contributed by atoms with Crippen LogP contribution in [0.4, 0.5) is 0 Å². The van der Waals surface area contributed by atoms with Crippen molar-refractivity contribution < 1.29 is 8.42 Å². The normalized spacial score (nSPS) is 12.1. The highest BCUT2D eigenvalue weighted by molar-refractivity contribution is 7.90. The van der Waals surface area contributed by atoms with Crippen LogP contribution in [0.25, 0.3) is 0 Å². The molecule has 0 saturated carbocycles. The van der Waals surface area contributed by atoms with Crippen molar-refractivity contribution >= 4 is 9.84 Å². The average Bonchev–Trinajstić information content (AvgIpc) is 2.49. The van der Waals surface area contributed by atoms with Crippen LogP contribution in [-0.2, 0) is 9.84 Å². The van der Waals surface area contributed by atoms with E-state index in [-0.39, 0.29) is 0 Å². The van der Waals surface area contributed by atoms with E-state index in [2.05, 4.69) is 25.7 Å². The summed E-state index contributed by atoms with van der Waals surface area (Å²) >= 11 is 0. The molecule has 0 aliphatic carbocycles. The van der Waals surface area contributed by atoms with Crippen LogP contribution in [0.1, 0.15) is 96.8 Å². The Morgan fingerprint density at radius 3 is 1.62 bits per heavy atom. The molecule has 3 heteroatoms. The monoisotopic (exact) mass is 356 g/mol. The fourth-order valence-electron chi connectivity index (χ4n) is 2.79. The lowest BCUT2D eigenvalue weighted by Gasteiger charge is -2.01. The molecule has 0 rings (SSSR count). The number of rotatable bonds is 17. The Kier molecular flexibility index (Phi) is 15.6. The molecular formula is C21H40O2S. The topological polar surface area (TPSA) is 34.1 Å². The third-order valence-electron chi connectivity index (χ3n) is 4.28. The number of unbranched alkanes of at least 4 members (excludes halogenated alkanes) is 11. The highest BCUT2D eigenvalue weighted by Gasteiger charge is 2.00. The molecular weight excluding hydrogens is 316 g/mol. The van der Waals surface area contributed by atoms with Crippen LogP contribution in [0.15, 0.2) is 24.3 Å². The lowest BCUT2D eigenvalue weighted by molar-refractivity contribution is 0.585. The fraction of sp³-hybridized carbons (Fsp3) is 0.810. The van der Waals surface area contributed by atoms with E-state index in [0.717, 1.165) is 12.8 Å². The summed E-state index contributed by atoms with van der Waals surface area (Å²) in [5, 5.41) is 0. The molecule has 0 N–H and O–H groups in total. The van der Waals surface area contributed by atoms with Gasteiger partial charge in [0.25, 0.3) is 0 Å². The molecule has 0 aromatic heterocycles. The van der Waals surface area contributed by atoms with E-state index < -0.39 is 9.84 Å². The van der Waals surface area contributed by atoms with Gasteiger partial charge in [0.15, 0.2) is 0 Å². The molecule has 142 valence electrons. The van der Waals surface area contributed by atoms with Gasteiger partial charge in [-0.2, -0.15) is 0 Å². The van der Waals surface area contributed by atoms with E-state index in [1.54, 1.807) is 0 Å². The van der Waals surface area contributed by atoms with Gasteiger partial charge in [0.1, 0.15) is 9.84 Å². The largest absolute Gasteiger partial charge is 0.229 e. The Morgan fingerprint density at radius 2 is 1.17 bits per heavy atom. The Morgan fingerprint density at radius 1 is 0.750 bits per heavy atom. The van der Waals surface area contributed by atoms with Crippen LogP contribution in [0.3, 0.4) is 0 Å². The second-order valence-corrected chi connectivity index (χ2v) is 9.53. The summed E-state index contributed by atoms with van der Waals surface area (Å²) in [6.45, 7) is 6.06. The highest BCUT2D eigenvalue weighted by Crippen LogP contribution is 2.11. The first-order valence-electron chi connectivity index (χ1n) is 9.89. The molecule has 0 amide bonds. The summed E-state index contributed by atoms with van der Waals surface area (Å²) < 4.78 is 22.0. The highest BCUT2D eigenvalue weighted by atomic mass is 32.2. The average molecular weight is 357 g/mol. The zero-order valence-corrected chi connectivity index (χ0v) is 17.0. The third kappa shape index (κ3) is 21.4. The summed E-state index contributed by atoms with van der Waals surface area (Å²) in [6, 6.07) is 0. The minimum Gasteiger partial charge on any atom is -0.229 e. The maximum atomic E-state index is 11.0. The summed E-state index contributed by atoms with van der Waals surface area (Å²) in [5.41, 5.74) is 1.31. The minimum absolute atomic E-state index is 0.351. The van der Waals surface area contributed by atoms with Gasteiger partial charge < -0.3 is 0 Å². The van der Waals surface area contributed by atoms with Crippen molar-refractivity contribution in [2.24, 2.45) is 0 Å². The first kappa shape index (κ1) is 23.4. The van der Waals surface area contributed by atoms with Crippen LogP contribution in [0.2, 0.25) is 0 Å². The lowest BCUT2D eigenvalue weighted by Crippen LogP contribution is -2.02. The molecule has 0 aromatic rings. The standard InChI is InChI=1S/C21H40O2S/c1-21(2)19-17-15-13-11-9-7-5-4-6-8-10-12-14-16-18-20-24(3,22)23/h4-5H,1,6-20H2,2-3H3. The van der Waals surface area contributed by atoms with E-state index in [0.29, 0.717) is 5.75 Å². The summed E-state index contributed by atoms with van der Waals surface area (Å²) in [5.74, 6) is 0.351. The Bertz CT molecular complexity index is 421. The van der Waals surface area contributed by atoms with E-state index in [1.807, 2.05) is 0 Å². The van der Waals surface area contributed by atoms with E-state index >= 15 is 0 Å². The van der Waals surface area contributed by atoms with Crippen LogP contribution in [0.5, 0.6) is 0 Å². The zero-order valence-electron chi connectivity index (χ0n) is 16.2. The molecule has 0 unspecified atom stereocenters. The molecule has 0 spiro atoms. The van der Waals surface area contributed by atoms with Gasteiger partial charge in [-0.15, -0.1) is 6.58 Å². The number of allylic oxidation sites excluding steroid dienone is 3. The second kappa shape index (κ2) is 15.9. The van der Waals surface area contributed by atoms with Crippen molar-refractivity contribution in [2.75, 3.05) is 12.0 Å². The second-order valence-electron chi connectivity index (χ2n) is 7.27. The Labute approximate surface area is 151 Å². The molecule has 0 fully saturated rings. The van der Waals surface area contributed by atoms with Crippen LogP contribution < -0.4 is 0 Å². The van der Waals surface area contributed by atoms with Gasteiger partial charge in [-0.25, -0.2) is 8.42 Å².